The van der Waals surface area contributed by atoms with Crippen LogP contribution in [0.3, 0.4) is 0 Å². The zero-order valence-electron chi connectivity index (χ0n) is 16.5. The van der Waals surface area contributed by atoms with E-state index in [4.69, 9.17) is 4.74 Å². The highest BCUT2D eigenvalue weighted by Gasteiger charge is 2.31. The number of tetrazole rings is 1. The molecule has 1 aliphatic heterocycles. The number of hydrogen-bond donors (Lipinski definition) is 0. The molecule has 0 N–H and O–H groups in total. The Morgan fingerprint density at radius 3 is 2.59 bits per heavy atom. The fraction of sp³-hybridized carbons (Fsp3) is 0.667. The zero-order chi connectivity index (χ0) is 18.6. The molecule has 0 amide bonds. The molecule has 0 radical (unpaired) electrons. The van der Waals surface area contributed by atoms with Crippen LogP contribution >= 0.6 is 0 Å². The van der Waals surface area contributed by atoms with Crippen LogP contribution in [0.15, 0.2) is 24.3 Å². The molecule has 1 aliphatic carbocycles. The van der Waals surface area contributed by atoms with E-state index in [1.807, 2.05) is 4.68 Å². The number of rotatable bonds is 6. The van der Waals surface area contributed by atoms with Gasteiger partial charge in [-0.25, -0.2) is 4.68 Å². The molecule has 6 heteroatoms. The Morgan fingerprint density at radius 2 is 1.89 bits per heavy atom. The van der Waals surface area contributed by atoms with Gasteiger partial charge in [0.05, 0.1) is 18.7 Å². The molecule has 0 spiro atoms. The van der Waals surface area contributed by atoms with Gasteiger partial charge < -0.3 is 4.74 Å². The highest BCUT2D eigenvalue weighted by Crippen LogP contribution is 2.33. The second-order valence-electron chi connectivity index (χ2n) is 8.12. The van der Waals surface area contributed by atoms with E-state index in [1.54, 1.807) is 0 Å². The van der Waals surface area contributed by atoms with Gasteiger partial charge in [0, 0.05) is 12.6 Å². The van der Waals surface area contributed by atoms with E-state index in [9.17, 15) is 0 Å². The van der Waals surface area contributed by atoms with Crippen LogP contribution in [0, 0.1) is 6.92 Å². The lowest BCUT2D eigenvalue weighted by Gasteiger charge is -2.37. The van der Waals surface area contributed by atoms with Crippen molar-refractivity contribution in [3.63, 3.8) is 0 Å². The number of hydrogen-bond acceptors (Lipinski definition) is 5. The van der Waals surface area contributed by atoms with Crippen molar-refractivity contribution in [1.29, 1.82) is 0 Å². The Kier molecular flexibility index (Phi) is 5.83. The molecule has 146 valence electrons. The van der Waals surface area contributed by atoms with E-state index in [1.165, 1.54) is 43.2 Å². The lowest BCUT2D eigenvalue weighted by molar-refractivity contribution is 0.0895. The van der Waals surface area contributed by atoms with Crippen molar-refractivity contribution in [2.75, 3.05) is 13.7 Å². The minimum atomic E-state index is 0.0742. The first kappa shape index (κ1) is 18.6. The molecule has 2 heterocycles. The smallest absolute Gasteiger partial charge is 0.173 e. The Hall–Kier alpha value is -1.79. The standard InChI is InChI=1S/C21H31N5O/c1-16-10-12-17(13-11-16)20(25(2)18-7-4-3-5-8-18)21-22-23-24-26(21)15-19-9-6-14-27-19/h10-13,18-20H,3-9,14-15H2,1-2H3. The molecule has 27 heavy (non-hydrogen) atoms. The van der Waals surface area contributed by atoms with Gasteiger partial charge in [0.15, 0.2) is 5.82 Å². The summed E-state index contributed by atoms with van der Waals surface area (Å²) >= 11 is 0. The first-order valence-corrected chi connectivity index (χ1v) is 10.4. The summed E-state index contributed by atoms with van der Waals surface area (Å²) in [5.41, 5.74) is 2.54. The van der Waals surface area contributed by atoms with Gasteiger partial charge >= 0.3 is 0 Å². The van der Waals surface area contributed by atoms with Gasteiger partial charge in [-0.05, 0) is 55.6 Å². The maximum atomic E-state index is 5.83. The van der Waals surface area contributed by atoms with Gasteiger partial charge in [-0.15, -0.1) is 5.10 Å². The highest BCUT2D eigenvalue weighted by atomic mass is 16.5. The van der Waals surface area contributed by atoms with Crippen LogP contribution < -0.4 is 0 Å². The van der Waals surface area contributed by atoms with Gasteiger partial charge in [0.1, 0.15) is 0 Å². The number of nitrogens with zero attached hydrogens (tertiary/aromatic N) is 5. The molecule has 0 bridgehead atoms. The van der Waals surface area contributed by atoms with Crippen LogP contribution in [0.5, 0.6) is 0 Å². The molecule has 4 rings (SSSR count). The maximum absolute atomic E-state index is 5.83. The minimum Gasteiger partial charge on any atom is -0.376 e. The first-order chi connectivity index (χ1) is 13.2. The van der Waals surface area contributed by atoms with Crippen LogP contribution in [0.1, 0.15) is 67.9 Å². The Labute approximate surface area is 161 Å². The molecule has 2 aromatic rings. The normalized spacial score (nSPS) is 22.4. The van der Waals surface area contributed by atoms with E-state index in [-0.39, 0.29) is 12.1 Å². The largest absolute Gasteiger partial charge is 0.376 e. The topological polar surface area (TPSA) is 56.1 Å². The molecule has 2 fully saturated rings. The molecular weight excluding hydrogens is 338 g/mol. The molecule has 2 atom stereocenters. The Morgan fingerprint density at radius 1 is 1.11 bits per heavy atom. The SMILES string of the molecule is Cc1ccc(C(c2nnnn2CC2CCCO2)N(C)C2CCCCC2)cc1. The van der Waals surface area contributed by atoms with Crippen LogP contribution in [-0.2, 0) is 11.3 Å². The lowest BCUT2D eigenvalue weighted by atomic mass is 9.92. The van der Waals surface area contributed by atoms with Crippen molar-refractivity contribution in [1.82, 2.24) is 25.1 Å². The maximum Gasteiger partial charge on any atom is 0.173 e. The van der Waals surface area contributed by atoms with E-state index in [0.29, 0.717) is 6.04 Å². The number of aromatic nitrogens is 4. The minimum absolute atomic E-state index is 0.0742. The third-order valence-corrected chi connectivity index (χ3v) is 6.16. The average Bonchev–Trinajstić information content (AvgIpc) is 3.37. The van der Waals surface area contributed by atoms with Crippen molar-refractivity contribution in [2.45, 2.75) is 76.6 Å². The van der Waals surface area contributed by atoms with Crippen LogP contribution in [0.4, 0.5) is 0 Å². The molecule has 6 nitrogen and oxygen atoms in total. The summed E-state index contributed by atoms with van der Waals surface area (Å²) in [6, 6.07) is 9.48. The summed E-state index contributed by atoms with van der Waals surface area (Å²) in [6.07, 6.45) is 8.95. The van der Waals surface area contributed by atoms with Crippen molar-refractivity contribution < 1.29 is 4.74 Å². The molecule has 1 saturated heterocycles. The second-order valence-corrected chi connectivity index (χ2v) is 8.12. The number of benzene rings is 1. The molecular formula is C21H31N5O. The third-order valence-electron chi connectivity index (χ3n) is 6.16. The van der Waals surface area contributed by atoms with Gasteiger partial charge in [-0.2, -0.15) is 0 Å². The summed E-state index contributed by atoms with van der Waals surface area (Å²) in [6.45, 7) is 3.72. The first-order valence-electron chi connectivity index (χ1n) is 10.4. The van der Waals surface area contributed by atoms with Crippen LogP contribution in [0.25, 0.3) is 0 Å². The second kappa shape index (κ2) is 8.48. The van der Waals surface area contributed by atoms with E-state index in [0.717, 1.165) is 31.8 Å². The van der Waals surface area contributed by atoms with Gasteiger partial charge in [-0.3, -0.25) is 4.90 Å². The summed E-state index contributed by atoms with van der Waals surface area (Å²) in [7, 11) is 2.24. The summed E-state index contributed by atoms with van der Waals surface area (Å²) in [4.78, 5) is 2.50. The summed E-state index contributed by atoms with van der Waals surface area (Å²) in [5, 5.41) is 12.8. The average molecular weight is 370 g/mol. The Balaban J connectivity index is 1.65. The van der Waals surface area contributed by atoms with Crippen molar-refractivity contribution >= 4 is 0 Å². The van der Waals surface area contributed by atoms with Gasteiger partial charge in [0.2, 0.25) is 0 Å². The fourth-order valence-electron chi connectivity index (χ4n) is 4.53. The van der Waals surface area contributed by atoms with Crippen LogP contribution in [-0.4, -0.2) is 50.9 Å². The van der Waals surface area contributed by atoms with E-state index < -0.39 is 0 Å². The fourth-order valence-corrected chi connectivity index (χ4v) is 4.53. The Bertz CT molecular complexity index is 716. The summed E-state index contributed by atoms with van der Waals surface area (Å²) < 4.78 is 7.80. The lowest BCUT2D eigenvalue weighted by Crippen LogP contribution is -2.38. The third kappa shape index (κ3) is 4.22. The highest BCUT2D eigenvalue weighted by molar-refractivity contribution is 5.28. The molecule has 1 saturated carbocycles. The van der Waals surface area contributed by atoms with Crippen molar-refractivity contribution in [2.24, 2.45) is 0 Å². The monoisotopic (exact) mass is 369 g/mol. The molecule has 1 aromatic heterocycles. The van der Waals surface area contributed by atoms with Gasteiger partial charge in [-0.1, -0.05) is 49.1 Å². The van der Waals surface area contributed by atoms with Crippen molar-refractivity contribution in [3.05, 3.63) is 41.2 Å². The van der Waals surface area contributed by atoms with Gasteiger partial charge in [0.25, 0.3) is 0 Å². The quantitative estimate of drug-likeness (QED) is 0.780. The number of aryl methyl sites for hydroxylation is 1. The predicted molar refractivity (Wildman–Crippen MR) is 104 cm³/mol. The predicted octanol–water partition coefficient (Wildman–Crippen LogP) is 3.51. The molecule has 2 aliphatic rings. The zero-order valence-corrected chi connectivity index (χ0v) is 16.5. The number of ether oxygens (including phenoxy) is 1. The molecule has 2 unspecified atom stereocenters. The van der Waals surface area contributed by atoms with Crippen LogP contribution in [0.2, 0.25) is 0 Å². The molecule has 1 aromatic carbocycles. The summed E-state index contributed by atoms with van der Waals surface area (Å²) in [5.74, 6) is 0.933. The van der Waals surface area contributed by atoms with E-state index in [2.05, 4.69) is 58.7 Å². The van der Waals surface area contributed by atoms with E-state index >= 15 is 0 Å². The van der Waals surface area contributed by atoms with Crippen molar-refractivity contribution in [3.8, 4) is 0 Å².